The van der Waals surface area contributed by atoms with Crippen LogP contribution in [0.1, 0.15) is 10.9 Å². The number of urea groups is 1. The summed E-state index contributed by atoms with van der Waals surface area (Å²) < 4.78 is 0. The van der Waals surface area contributed by atoms with Crippen LogP contribution in [0.25, 0.3) is 0 Å². The first kappa shape index (κ1) is 12.8. The lowest BCUT2D eigenvalue weighted by Gasteiger charge is -2.28. The first-order valence-corrected chi connectivity index (χ1v) is 6.59. The Labute approximate surface area is 109 Å². The van der Waals surface area contributed by atoms with E-state index in [0.29, 0.717) is 18.0 Å². The summed E-state index contributed by atoms with van der Waals surface area (Å²) in [4.78, 5) is 25.4. The quantitative estimate of drug-likeness (QED) is 0.746. The Morgan fingerprint density at radius 3 is 2.72 bits per heavy atom. The molecule has 0 aromatic carbocycles. The maximum atomic E-state index is 11.9. The van der Waals surface area contributed by atoms with Crippen molar-refractivity contribution in [1.29, 1.82) is 0 Å². The van der Waals surface area contributed by atoms with Gasteiger partial charge in [-0.05, 0) is 11.4 Å². The lowest BCUT2D eigenvalue weighted by Crippen LogP contribution is -2.51. The van der Waals surface area contributed by atoms with Crippen molar-refractivity contribution in [2.24, 2.45) is 0 Å². The number of piperazine rings is 1. The number of thiophene rings is 1. The van der Waals surface area contributed by atoms with E-state index >= 15 is 0 Å². The van der Waals surface area contributed by atoms with Crippen LogP contribution in [0.2, 0.25) is 0 Å². The molecule has 0 saturated carbocycles. The van der Waals surface area contributed by atoms with E-state index in [-0.39, 0.29) is 6.03 Å². The maximum Gasteiger partial charge on any atom is 0.331 e. The molecule has 2 heterocycles. The molecule has 2 amide bonds. The zero-order valence-electron chi connectivity index (χ0n) is 9.76. The minimum absolute atomic E-state index is 0.322. The monoisotopic (exact) mass is 269 g/mol. The summed E-state index contributed by atoms with van der Waals surface area (Å²) in [7, 11) is 0. The molecule has 2 rings (SSSR count). The zero-order chi connectivity index (χ0) is 13.0. The minimum Gasteiger partial charge on any atom is -0.479 e. The molecule has 6 nitrogen and oxygen atoms in total. The second-order valence-corrected chi connectivity index (χ2v) is 4.95. The summed E-state index contributed by atoms with van der Waals surface area (Å²) in [6, 6.07) is 2.19. The summed E-state index contributed by atoms with van der Waals surface area (Å²) in [5, 5.41) is 16.6. The van der Waals surface area contributed by atoms with Crippen molar-refractivity contribution in [2.75, 3.05) is 26.2 Å². The largest absolute Gasteiger partial charge is 0.479 e. The maximum absolute atomic E-state index is 11.9. The average molecular weight is 269 g/mol. The summed E-state index contributed by atoms with van der Waals surface area (Å²) in [5.41, 5.74) is 0. The predicted octanol–water partition coefficient (Wildman–Crippen LogP) is 0.489. The number of hydrogen-bond acceptors (Lipinski definition) is 4. The fourth-order valence-electron chi connectivity index (χ4n) is 1.79. The summed E-state index contributed by atoms with van der Waals surface area (Å²) in [6.45, 7) is 2.68. The lowest BCUT2D eigenvalue weighted by molar-refractivity contribution is -0.139. The van der Waals surface area contributed by atoms with Crippen molar-refractivity contribution >= 4 is 23.3 Å². The molecular weight excluding hydrogens is 254 g/mol. The van der Waals surface area contributed by atoms with E-state index in [1.54, 1.807) is 22.4 Å². The van der Waals surface area contributed by atoms with Gasteiger partial charge < -0.3 is 20.6 Å². The van der Waals surface area contributed by atoms with E-state index in [0.717, 1.165) is 13.1 Å². The van der Waals surface area contributed by atoms with Gasteiger partial charge in [0.05, 0.1) is 0 Å². The first-order valence-electron chi connectivity index (χ1n) is 5.71. The van der Waals surface area contributed by atoms with Crippen LogP contribution in [-0.4, -0.2) is 48.2 Å². The van der Waals surface area contributed by atoms with Crippen LogP contribution in [0.5, 0.6) is 0 Å². The van der Waals surface area contributed by atoms with Crippen molar-refractivity contribution in [1.82, 2.24) is 15.5 Å². The van der Waals surface area contributed by atoms with Crippen LogP contribution in [0.4, 0.5) is 4.79 Å². The summed E-state index contributed by atoms with van der Waals surface area (Å²) in [5.74, 6) is -1.04. The van der Waals surface area contributed by atoms with Crippen LogP contribution < -0.4 is 10.6 Å². The molecule has 1 aromatic rings. The van der Waals surface area contributed by atoms with E-state index in [9.17, 15) is 9.59 Å². The normalized spacial score (nSPS) is 17.2. The Morgan fingerprint density at radius 1 is 1.44 bits per heavy atom. The highest BCUT2D eigenvalue weighted by atomic mass is 32.1. The molecule has 1 aliphatic rings. The van der Waals surface area contributed by atoms with E-state index in [1.165, 1.54) is 11.3 Å². The highest BCUT2D eigenvalue weighted by Gasteiger charge is 2.26. The van der Waals surface area contributed by atoms with Crippen LogP contribution in [0.3, 0.4) is 0 Å². The molecule has 3 N–H and O–H groups in total. The van der Waals surface area contributed by atoms with Crippen LogP contribution in [-0.2, 0) is 4.79 Å². The van der Waals surface area contributed by atoms with Crippen molar-refractivity contribution in [3.8, 4) is 0 Å². The van der Waals surface area contributed by atoms with Gasteiger partial charge in [-0.2, -0.15) is 0 Å². The molecule has 0 spiro atoms. The van der Waals surface area contributed by atoms with Gasteiger partial charge in [0.25, 0.3) is 0 Å². The molecule has 1 unspecified atom stereocenters. The van der Waals surface area contributed by atoms with Gasteiger partial charge in [-0.15, -0.1) is 11.3 Å². The summed E-state index contributed by atoms with van der Waals surface area (Å²) in [6.07, 6.45) is 0. The molecule has 0 radical (unpaired) electrons. The molecule has 1 atom stereocenters. The minimum atomic E-state index is -1.04. The average Bonchev–Trinajstić information content (AvgIpc) is 2.90. The third kappa shape index (κ3) is 2.99. The molecule has 1 fully saturated rings. The van der Waals surface area contributed by atoms with E-state index in [2.05, 4.69) is 10.6 Å². The van der Waals surface area contributed by atoms with Gasteiger partial charge in [0.1, 0.15) is 0 Å². The highest BCUT2D eigenvalue weighted by molar-refractivity contribution is 7.10. The van der Waals surface area contributed by atoms with Gasteiger partial charge in [0.15, 0.2) is 6.04 Å². The number of hydrogen-bond donors (Lipinski definition) is 3. The molecule has 7 heteroatoms. The predicted molar refractivity (Wildman–Crippen MR) is 67.7 cm³/mol. The highest BCUT2D eigenvalue weighted by Crippen LogP contribution is 2.19. The molecule has 0 bridgehead atoms. The number of carbonyl (C=O) groups is 2. The number of nitrogens with one attached hydrogen (secondary N) is 2. The standard InChI is InChI=1S/C11H15N3O3S/c15-10(16)9(8-2-1-7-18-8)13-11(17)14-5-3-12-4-6-14/h1-2,7,9,12H,3-6H2,(H,13,17)(H,15,16). The van der Waals surface area contributed by atoms with Gasteiger partial charge in [-0.1, -0.05) is 6.07 Å². The lowest BCUT2D eigenvalue weighted by atomic mass is 10.2. The topological polar surface area (TPSA) is 81.7 Å². The number of carbonyl (C=O) groups excluding carboxylic acids is 1. The Morgan fingerprint density at radius 2 is 2.17 bits per heavy atom. The van der Waals surface area contributed by atoms with Gasteiger partial charge in [0, 0.05) is 31.1 Å². The Balaban J connectivity index is 2.00. The van der Waals surface area contributed by atoms with Gasteiger partial charge >= 0.3 is 12.0 Å². The Bertz CT molecular complexity index is 415. The van der Waals surface area contributed by atoms with Crippen molar-refractivity contribution in [3.63, 3.8) is 0 Å². The van der Waals surface area contributed by atoms with Gasteiger partial charge in [0.2, 0.25) is 0 Å². The second-order valence-electron chi connectivity index (χ2n) is 3.97. The van der Waals surface area contributed by atoms with Gasteiger partial charge in [-0.25, -0.2) is 9.59 Å². The van der Waals surface area contributed by atoms with Crippen molar-refractivity contribution in [2.45, 2.75) is 6.04 Å². The zero-order valence-corrected chi connectivity index (χ0v) is 10.6. The molecule has 1 aliphatic heterocycles. The number of amides is 2. The summed E-state index contributed by atoms with van der Waals surface area (Å²) >= 11 is 1.32. The third-order valence-electron chi connectivity index (χ3n) is 2.75. The van der Waals surface area contributed by atoms with E-state index in [1.807, 2.05) is 0 Å². The van der Waals surface area contributed by atoms with E-state index in [4.69, 9.17) is 5.11 Å². The van der Waals surface area contributed by atoms with Crippen molar-refractivity contribution < 1.29 is 14.7 Å². The molecular formula is C11H15N3O3S. The number of aliphatic carboxylic acids is 1. The molecule has 1 saturated heterocycles. The SMILES string of the molecule is O=C(O)C(NC(=O)N1CCNCC1)c1cccs1. The molecule has 0 aliphatic carbocycles. The Kier molecular flexibility index (Phi) is 4.16. The van der Waals surface area contributed by atoms with E-state index < -0.39 is 12.0 Å². The molecule has 18 heavy (non-hydrogen) atoms. The molecule has 1 aromatic heterocycles. The van der Waals surface area contributed by atoms with Crippen LogP contribution in [0.15, 0.2) is 17.5 Å². The Hall–Kier alpha value is -1.60. The van der Waals surface area contributed by atoms with Crippen LogP contribution >= 0.6 is 11.3 Å². The smallest absolute Gasteiger partial charge is 0.331 e. The third-order valence-corrected chi connectivity index (χ3v) is 3.68. The fourth-order valence-corrected chi connectivity index (χ4v) is 2.56. The number of carboxylic acid groups (broad SMARTS) is 1. The number of rotatable bonds is 3. The first-order chi connectivity index (χ1) is 8.68. The van der Waals surface area contributed by atoms with Crippen LogP contribution in [0, 0.1) is 0 Å². The number of carboxylic acids is 1. The second kappa shape index (κ2) is 5.83. The van der Waals surface area contributed by atoms with Crippen molar-refractivity contribution in [3.05, 3.63) is 22.4 Å². The fraction of sp³-hybridized carbons (Fsp3) is 0.455. The number of nitrogens with zero attached hydrogens (tertiary/aromatic N) is 1. The molecule has 98 valence electrons. The van der Waals surface area contributed by atoms with Gasteiger partial charge in [-0.3, -0.25) is 0 Å².